The zero-order chi connectivity index (χ0) is 20.6. The summed E-state index contributed by atoms with van der Waals surface area (Å²) < 4.78 is 29.9. The molecule has 28 heavy (non-hydrogen) atoms. The molecule has 0 bridgehead atoms. The molecule has 0 fully saturated rings. The molecule has 3 N–H and O–H groups in total. The highest BCUT2D eigenvalue weighted by atomic mass is 19.1. The van der Waals surface area contributed by atoms with Crippen molar-refractivity contribution in [3.8, 4) is 5.69 Å². The Labute approximate surface area is 160 Å². The first-order valence-electron chi connectivity index (χ1n) is 8.56. The van der Waals surface area contributed by atoms with E-state index in [9.17, 15) is 18.4 Å². The fourth-order valence-corrected chi connectivity index (χ4v) is 3.14. The lowest BCUT2D eigenvalue weighted by molar-refractivity contribution is 0.0995. The molecule has 0 aliphatic rings. The molecule has 0 saturated carbocycles. The zero-order valence-electron chi connectivity index (χ0n) is 15.6. The first-order chi connectivity index (χ1) is 13.2. The number of halogens is 2. The maximum atomic E-state index is 14.2. The van der Waals surface area contributed by atoms with Gasteiger partial charge in [-0.3, -0.25) is 9.59 Å². The quantitative estimate of drug-likeness (QED) is 0.714. The minimum absolute atomic E-state index is 0.0461. The number of anilines is 1. The fourth-order valence-electron chi connectivity index (χ4n) is 3.14. The van der Waals surface area contributed by atoms with E-state index in [1.807, 2.05) is 0 Å². The van der Waals surface area contributed by atoms with E-state index in [-0.39, 0.29) is 16.8 Å². The van der Waals surface area contributed by atoms with Gasteiger partial charge in [-0.1, -0.05) is 12.1 Å². The van der Waals surface area contributed by atoms with Crippen LogP contribution < -0.4 is 11.1 Å². The number of nitrogens with two attached hydrogens (primary N) is 1. The number of aryl methyl sites for hydroxylation is 1. The van der Waals surface area contributed by atoms with Gasteiger partial charge in [0.05, 0.1) is 11.3 Å². The monoisotopic (exact) mass is 383 g/mol. The number of carbonyl (C=O) groups excluding carboxylic acids is 2. The number of benzene rings is 2. The average molecular weight is 383 g/mol. The van der Waals surface area contributed by atoms with Gasteiger partial charge in [-0.2, -0.15) is 0 Å². The van der Waals surface area contributed by atoms with E-state index in [0.717, 1.165) is 6.07 Å². The molecule has 0 aliphatic carbocycles. The highest BCUT2D eigenvalue weighted by molar-refractivity contribution is 6.06. The summed E-state index contributed by atoms with van der Waals surface area (Å²) >= 11 is 0. The van der Waals surface area contributed by atoms with Crippen LogP contribution in [0, 0.1) is 32.4 Å². The van der Waals surface area contributed by atoms with Crippen LogP contribution in [0.25, 0.3) is 5.69 Å². The Balaban J connectivity index is 2.01. The van der Waals surface area contributed by atoms with Gasteiger partial charge in [-0.15, -0.1) is 0 Å². The third-order valence-electron chi connectivity index (χ3n) is 4.65. The SMILES string of the molecule is Cc1c(F)cc(C(N)=O)cc1NC(=O)c1cc(C)n(-c2ccccc2F)c1C. The predicted molar refractivity (Wildman–Crippen MR) is 103 cm³/mol. The van der Waals surface area contributed by atoms with Crippen LogP contribution in [0.3, 0.4) is 0 Å². The molecule has 0 radical (unpaired) electrons. The van der Waals surface area contributed by atoms with Gasteiger partial charge in [0.15, 0.2) is 0 Å². The molecule has 2 amide bonds. The zero-order valence-corrected chi connectivity index (χ0v) is 15.6. The number of carbonyl (C=O) groups is 2. The number of amides is 2. The van der Waals surface area contributed by atoms with Crippen LogP contribution in [0.2, 0.25) is 0 Å². The maximum absolute atomic E-state index is 14.2. The van der Waals surface area contributed by atoms with Crippen LogP contribution in [0.1, 0.15) is 37.7 Å². The van der Waals surface area contributed by atoms with E-state index in [2.05, 4.69) is 5.32 Å². The van der Waals surface area contributed by atoms with E-state index < -0.39 is 23.4 Å². The third kappa shape index (κ3) is 3.38. The van der Waals surface area contributed by atoms with Crippen molar-refractivity contribution in [1.82, 2.24) is 4.57 Å². The molecule has 2 aromatic carbocycles. The second-order valence-electron chi connectivity index (χ2n) is 6.52. The Morgan fingerprint density at radius 3 is 2.32 bits per heavy atom. The van der Waals surface area contributed by atoms with Gasteiger partial charge in [-0.05, 0) is 51.1 Å². The normalized spacial score (nSPS) is 10.8. The average Bonchev–Trinajstić information content (AvgIpc) is 2.93. The molecule has 144 valence electrons. The standard InChI is InChI=1S/C21H19F2N3O2/c1-11-8-15(13(3)26(11)19-7-5-4-6-16(19)22)21(28)25-18-10-14(20(24)27)9-17(23)12(18)2/h4-10H,1-3H3,(H2,24,27)(H,25,28). The van der Waals surface area contributed by atoms with Crippen LogP contribution >= 0.6 is 0 Å². The number of nitrogens with one attached hydrogen (secondary N) is 1. The van der Waals surface area contributed by atoms with Gasteiger partial charge in [0.1, 0.15) is 11.6 Å². The summed E-state index contributed by atoms with van der Waals surface area (Å²) in [4.78, 5) is 24.2. The van der Waals surface area contributed by atoms with Crippen molar-refractivity contribution >= 4 is 17.5 Å². The summed E-state index contributed by atoms with van der Waals surface area (Å²) in [6.45, 7) is 4.94. The Hall–Kier alpha value is -3.48. The van der Waals surface area contributed by atoms with Crippen molar-refractivity contribution in [2.24, 2.45) is 5.73 Å². The van der Waals surface area contributed by atoms with Gasteiger partial charge in [0.2, 0.25) is 5.91 Å². The largest absolute Gasteiger partial charge is 0.366 e. The van der Waals surface area contributed by atoms with E-state index >= 15 is 0 Å². The van der Waals surface area contributed by atoms with E-state index in [1.54, 1.807) is 42.7 Å². The van der Waals surface area contributed by atoms with E-state index in [4.69, 9.17) is 5.73 Å². The van der Waals surface area contributed by atoms with Crippen LogP contribution in [-0.4, -0.2) is 16.4 Å². The second-order valence-corrected chi connectivity index (χ2v) is 6.52. The van der Waals surface area contributed by atoms with Crippen molar-refractivity contribution in [3.63, 3.8) is 0 Å². The molecule has 1 aromatic heterocycles. The van der Waals surface area contributed by atoms with Crippen molar-refractivity contribution < 1.29 is 18.4 Å². The maximum Gasteiger partial charge on any atom is 0.257 e. The Morgan fingerprint density at radius 2 is 1.68 bits per heavy atom. The lowest BCUT2D eigenvalue weighted by Crippen LogP contribution is -2.17. The lowest BCUT2D eigenvalue weighted by atomic mass is 10.1. The van der Waals surface area contributed by atoms with Gasteiger partial charge >= 0.3 is 0 Å². The van der Waals surface area contributed by atoms with E-state index in [0.29, 0.717) is 22.6 Å². The molecule has 3 aromatic rings. The summed E-state index contributed by atoms with van der Waals surface area (Å²) in [5, 5.41) is 2.62. The highest BCUT2D eigenvalue weighted by Gasteiger charge is 2.20. The Bertz CT molecular complexity index is 1100. The molecule has 0 spiro atoms. The molecule has 3 rings (SSSR count). The number of para-hydroxylation sites is 1. The second kappa shape index (κ2) is 7.26. The van der Waals surface area contributed by atoms with Crippen molar-refractivity contribution in [1.29, 1.82) is 0 Å². The number of aromatic nitrogens is 1. The number of nitrogens with zero attached hydrogens (tertiary/aromatic N) is 1. The first kappa shape index (κ1) is 19.3. The molecular formula is C21H19F2N3O2. The van der Waals surface area contributed by atoms with Gasteiger partial charge in [-0.25, -0.2) is 8.78 Å². The smallest absolute Gasteiger partial charge is 0.257 e. The lowest BCUT2D eigenvalue weighted by Gasteiger charge is -2.12. The number of primary amides is 1. The van der Waals surface area contributed by atoms with Crippen LogP contribution in [-0.2, 0) is 0 Å². The molecule has 1 heterocycles. The van der Waals surface area contributed by atoms with Crippen molar-refractivity contribution in [2.45, 2.75) is 20.8 Å². The number of hydrogen-bond donors (Lipinski definition) is 2. The minimum Gasteiger partial charge on any atom is -0.366 e. The molecule has 0 unspecified atom stereocenters. The fraction of sp³-hybridized carbons (Fsp3) is 0.143. The third-order valence-corrected chi connectivity index (χ3v) is 4.65. The minimum atomic E-state index is -0.799. The predicted octanol–water partition coefficient (Wildman–Crippen LogP) is 4.03. The summed E-state index contributed by atoms with van der Waals surface area (Å²) in [5.74, 6) is -2.36. The topological polar surface area (TPSA) is 77.1 Å². The van der Waals surface area contributed by atoms with Gasteiger partial charge in [0.25, 0.3) is 5.91 Å². The highest BCUT2D eigenvalue weighted by Crippen LogP contribution is 2.25. The molecule has 7 heteroatoms. The molecule has 5 nitrogen and oxygen atoms in total. The number of hydrogen-bond acceptors (Lipinski definition) is 2. The number of rotatable bonds is 4. The van der Waals surface area contributed by atoms with Gasteiger partial charge in [0, 0.05) is 28.2 Å². The van der Waals surface area contributed by atoms with Gasteiger partial charge < -0.3 is 15.6 Å². The molecular weight excluding hydrogens is 364 g/mol. The molecule has 0 saturated heterocycles. The van der Waals surface area contributed by atoms with E-state index in [1.165, 1.54) is 19.1 Å². The summed E-state index contributed by atoms with van der Waals surface area (Å²) in [5.41, 5.74) is 7.33. The first-order valence-corrected chi connectivity index (χ1v) is 8.56. The molecule has 0 atom stereocenters. The summed E-state index contributed by atoms with van der Waals surface area (Å²) in [7, 11) is 0. The van der Waals surface area contributed by atoms with Crippen molar-refractivity contribution in [2.75, 3.05) is 5.32 Å². The van der Waals surface area contributed by atoms with Crippen molar-refractivity contribution in [3.05, 3.63) is 82.2 Å². The summed E-state index contributed by atoms with van der Waals surface area (Å²) in [6, 6.07) is 10.2. The Kier molecular flexibility index (Phi) is 5.00. The Morgan fingerprint density at radius 1 is 1.00 bits per heavy atom. The van der Waals surface area contributed by atoms with Crippen LogP contribution in [0.4, 0.5) is 14.5 Å². The van der Waals surface area contributed by atoms with Crippen LogP contribution in [0.15, 0.2) is 42.5 Å². The van der Waals surface area contributed by atoms with Crippen LogP contribution in [0.5, 0.6) is 0 Å². The summed E-state index contributed by atoms with van der Waals surface area (Å²) in [6.07, 6.45) is 0. The molecule has 0 aliphatic heterocycles.